The van der Waals surface area contributed by atoms with Crippen LogP contribution < -0.4 is 9.47 Å². The maximum Gasteiger partial charge on any atom is 0.220 e. The summed E-state index contributed by atoms with van der Waals surface area (Å²) in [5.41, 5.74) is 4.63. The standard InChI is InChI=1S/C27H26BrFN4O4S/c1-16-5-10-22(11-17(16)2)33-18(3)30-31-27(33)38-25(14-32(34)35)20-12-23(28)26(24(13-20)36-4)37-15-19-6-8-21(29)9-7-19/h5-13,25H,14-15H2,1-4H3/t25-/m0/s1. The monoisotopic (exact) mass is 600 g/mol. The van der Waals surface area contributed by atoms with Crippen molar-refractivity contribution in [2.75, 3.05) is 13.7 Å². The van der Waals surface area contributed by atoms with Gasteiger partial charge in [0.1, 0.15) is 23.5 Å². The molecule has 0 aliphatic carbocycles. The van der Waals surface area contributed by atoms with Gasteiger partial charge in [0.15, 0.2) is 16.7 Å². The van der Waals surface area contributed by atoms with Gasteiger partial charge >= 0.3 is 0 Å². The number of aromatic nitrogens is 3. The summed E-state index contributed by atoms with van der Waals surface area (Å²) in [4.78, 5) is 11.3. The summed E-state index contributed by atoms with van der Waals surface area (Å²) >= 11 is 4.80. The molecule has 0 N–H and O–H groups in total. The number of rotatable bonds is 10. The van der Waals surface area contributed by atoms with Crippen LogP contribution in [0, 0.1) is 36.7 Å². The third kappa shape index (κ3) is 6.33. The third-order valence-electron chi connectivity index (χ3n) is 6.03. The van der Waals surface area contributed by atoms with Crippen LogP contribution in [-0.2, 0) is 6.61 Å². The Hall–Kier alpha value is -3.44. The number of hydrogen-bond donors (Lipinski definition) is 0. The molecule has 0 spiro atoms. The van der Waals surface area contributed by atoms with E-state index in [1.54, 1.807) is 24.3 Å². The Morgan fingerprint density at radius 3 is 2.47 bits per heavy atom. The first-order chi connectivity index (χ1) is 18.2. The lowest BCUT2D eigenvalue weighted by Crippen LogP contribution is -2.12. The molecule has 0 amide bonds. The number of nitro groups is 1. The highest BCUT2D eigenvalue weighted by Crippen LogP contribution is 2.43. The largest absolute Gasteiger partial charge is 0.493 e. The van der Waals surface area contributed by atoms with E-state index < -0.39 is 5.25 Å². The van der Waals surface area contributed by atoms with Crippen molar-refractivity contribution < 1.29 is 18.8 Å². The fraction of sp³-hybridized carbons (Fsp3) is 0.259. The number of hydrogen-bond acceptors (Lipinski definition) is 7. The molecular formula is C27H26BrFN4O4S. The van der Waals surface area contributed by atoms with Crippen molar-refractivity contribution >= 4 is 27.7 Å². The summed E-state index contributed by atoms with van der Waals surface area (Å²) in [6.45, 7) is 5.78. The lowest BCUT2D eigenvalue weighted by atomic mass is 10.1. The molecule has 0 fully saturated rings. The fourth-order valence-corrected chi connectivity index (χ4v) is 5.58. The summed E-state index contributed by atoms with van der Waals surface area (Å²) < 4.78 is 27.2. The number of benzene rings is 3. The molecule has 0 saturated carbocycles. The molecule has 0 radical (unpaired) electrons. The van der Waals surface area contributed by atoms with Crippen LogP contribution in [0.4, 0.5) is 4.39 Å². The predicted octanol–water partition coefficient (Wildman–Crippen LogP) is 6.79. The van der Waals surface area contributed by atoms with Gasteiger partial charge in [-0.05, 0) is 95.4 Å². The quantitative estimate of drug-likeness (QED) is 0.112. The van der Waals surface area contributed by atoms with E-state index in [1.807, 2.05) is 43.5 Å². The Balaban J connectivity index is 1.65. The van der Waals surface area contributed by atoms with Crippen LogP contribution in [0.25, 0.3) is 5.69 Å². The number of halogens is 2. The molecule has 3 aromatic carbocycles. The first-order valence-electron chi connectivity index (χ1n) is 11.7. The average molecular weight is 601 g/mol. The molecular weight excluding hydrogens is 575 g/mol. The number of nitrogens with zero attached hydrogens (tertiary/aromatic N) is 4. The lowest BCUT2D eigenvalue weighted by molar-refractivity contribution is -0.479. The van der Waals surface area contributed by atoms with Crippen molar-refractivity contribution in [2.45, 2.75) is 37.8 Å². The summed E-state index contributed by atoms with van der Waals surface area (Å²) in [6.07, 6.45) is 0. The minimum atomic E-state index is -0.588. The van der Waals surface area contributed by atoms with Gasteiger partial charge in [-0.2, -0.15) is 0 Å². The Morgan fingerprint density at radius 1 is 1.08 bits per heavy atom. The molecule has 0 bridgehead atoms. The summed E-state index contributed by atoms with van der Waals surface area (Å²) in [6, 6.07) is 15.6. The second kappa shape index (κ2) is 12.0. The second-order valence-corrected chi connectivity index (χ2v) is 10.7. The second-order valence-electron chi connectivity index (χ2n) is 8.70. The van der Waals surface area contributed by atoms with Crippen LogP contribution >= 0.6 is 27.7 Å². The van der Waals surface area contributed by atoms with Gasteiger partial charge in [-0.3, -0.25) is 14.7 Å². The molecule has 1 aromatic heterocycles. The maximum atomic E-state index is 13.2. The van der Waals surface area contributed by atoms with E-state index in [1.165, 1.54) is 36.6 Å². The van der Waals surface area contributed by atoms with E-state index in [4.69, 9.17) is 9.47 Å². The van der Waals surface area contributed by atoms with Crippen molar-refractivity contribution in [3.63, 3.8) is 0 Å². The van der Waals surface area contributed by atoms with Crippen molar-refractivity contribution in [1.29, 1.82) is 0 Å². The first kappa shape index (κ1) is 27.6. The maximum absolute atomic E-state index is 13.2. The number of methoxy groups -OCH3 is 1. The number of aryl methyl sites for hydroxylation is 3. The highest BCUT2D eigenvalue weighted by atomic mass is 79.9. The molecule has 0 aliphatic heterocycles. The van der Waals surface area contributed by atoms with Gasteiger partial charge in [-0.1, -0.05) is 30.0 Å². The molecule has 8 nitrogen and oxygen atoms in total. The summed E-state index contributed by atoms with van der Waals surface area (Å²) in [7, 11) is 1.51. The molecule has 0 unspecified atom stereocenters. The van der Waals surface area contributed by atoms with Crippen LogP contribution in [0.5, 0.6) is 11.5 Å². The van der Waals surface area contributed by atoms with E-state index in [2.05, 4.69) is 26.1 Å². The highest BCUT2D eigenvalue weighted by Gasteiger charge is 2.26. The van der Waals surface area contributed by atoms with Gasteiger partial charge in [0.2, 0.25) is 6.54 Å². The molecule has 0 saturated heterocycles. The highest BCUT2D eigenvalue weighted by molar-refractivity contribution is 9.10. The van der Waals surface area contributed by atoms with Gasteiger partial charge in [-0.25, -0.2) is 4.39 Å². The van der Waals surface area contributed by atoms with Crippen LogP contribution in [0.1, 0.15) is 33.3 Å². The SMILES string of the molecule is COc1cc([C@H](C[N+](=O)[O-])Sc2nnc(C)n2-c2ccc(C)c(C)c2)cc(Br)c1OCc1ccc(F)cc1. The molecule has 38 heavy (non-hydrogen) atoms. The van der Waals surface area contributed by atoms with Crippen LogP contribution in [-0.4, -0.2) is 33.3 Å². The van der Waals surface area contributed by atoms with Crippen molar-refractivity contribution in [3.05, 3.63) is 103 Å². The van der Waals surface area contributed by atoms with Crippen LogP contribution in [0.3, 0.4) is 0 Å². The van der Waals surface area contributed by atoms with Crippen molar-refractivity contribution in [2.24, 2.45) is 0 Å². The van der Waals surface area contributed by atoms with E-state index in [-0.39, 0.29) is 23.9 Å². The molecule has 1 atom stereocenters. The van der Waals surface area contributed by atoms with Gasteiger partial charge in [0.05, 0.1) is 11.6 Å². The molecule has 4 rings (SSSR count). The van der Waals surface area contributed by atoms with Gasteiger partial charge in [0.25, 0.3) is 0 Å². The molecule has 0 aliphatic rings. The molecule has 11 heteroatoms. The van der Waals surface area contributed by atoms with E-state index >= 15 is 0 Å². The Morgan fingerprint density at radius 2 is 1.82 bits per heavy atom. The molecule has 4 aromatic rings. The first-order valence-corrected chi connectivity index (χ1v) is 13.4. The number of thioether (sulfide) groups is 1. The van der Waals surface area contributed by atoms with Crippen molar-refractivity contribution in [3.8, 4) is 17.2 Å². The lowest BCUT2D eigenvalue weighted by Gasteiger charge is -2.18. The Labute approximate surface area is 232 Å². The molecule has 198 valence electrons. The van der Waals surface area contributed by atoms with Crippen molar-refractivity contribution in [1.82, 2.24) is 14.8 Å². The average Bonchev–Trinajstić information content (AvgIpc) is 3.24. The fourth-order valence-electron chi connectivity index (χ4n) is 3.86. The summed E-state index contributed by atoms with van der Waals surface area (Å²) in [5, 5.41) is 20.2. The predicted molar refractivity (Wildman–Crippen MR) is 147 cm³/mol. The Bertz CT molecular complexity index is 1460. The van der Waals surface area contributed by atoms with E-state index in [0.717, 1.165) is 16.8 Å². The topological polar surface area (TPSA) is 92.3 Å². The van der Waals surface area contributed by atoms with Gasteiger partial charge in [0, 0.05) is 10.6 Å². The van der Waals surface area contributed by atoms with E-state index in [0.29, 0.717) is 32.5 Å². The zero-order chi connectivity index (χ0) is 27.4. The minimum Gasteiger partial charge on any atom is -0.493 e. The van der Waals surface area contributed by atoms with Crippen LogP contribution in [0.2, 0.25) is 0 Å². The van der Waals surface area contributed by atoms with Gasteiger partial charge < -0.3 is 9.47 Å². The van der Waals surface area contributed by atoms with E-state index in [9.17, 15) is 14.5 Å². The zero-order valence-corrected chi connectivity index (χ0v) is 23.7. The van der Waals surface area contributed by atoms with Crippen LogP contribution in [0.15, 0.2) is 64.2 Å². The Kier molecular flexibility index (Phi) is 8.68. The summed E-state index contributed by atoms with van der Waals surface area (Å²) in [5.74, 6) is 1.21. The molecule has 1 heterocycles. The third-order valence-corrected chi connectivity index (χ3v) is 7.80. The normalized spacial score (nSPS) is 11.8. The number of ether oxygens (including phenoxy) is 2. The van der Waals surface area contributed by atoms with Gasteiger partial charge in [-0.15, -0.1) is 10.2 Å². The minimum absolute atomic E-state index is 0.194. The zero-order valence-electron chi connectivity index (χ0n) is 21.3. The smallest absolute Gasteiger partial charge is 0.220 e.